The second-order valence-corrected chi connectivity index (χ2v) is 5.84. The molecule has 114 valence electrons. The van der Waals surface area contributed by atoms with Gasteiger partial charge in [0.25, 0.3) is 0 Å². The fourth-order valence-electron chi connectivity index (χ4n) is 3.00. The van der Waals surface area contributed by atoms with Gasteiger partial charge >= 0.3 is 0 Å². The second kappa shape index (κ2) is 6.01. The largest absolute Gasteiger partial charge is 0.368 e. The lowest BCUT2D eigenvalue weighted by Gasteiger charge is -2.28. The molecule has 1 aromatic heterocycles. The third-order valence-corrected chi connectivity index (χ3v) is 4.23. The quantitative estimate of drug-likeness (QED) is 0.895. The van der Waals surface area contributed by atoms with E-state index in [1.165, 1.54) is 6.42 Å². The van der Waals surface area contributed by atoms with Gasteiger partial charge in [-0.15, -0.1) is 0 Å². The maximum Gasteiger partial charge on any atom is 0.240 e. The first-order chi connectivity index (χ1) is 10.1. The summed E-state index contributed by atoms with van der Waals surface area (Å²) in [5.74, 6) is 0.709. The van der Waals surface area contributed by atoms with Crippen molar-refractivity contribution in [1.29, 1.82) is 0 Å². The van der Waals surface area contributed by atoms with Crippen LogP contribution in [0.15, 0.2) is 0 Å². The first kappa shape index (κ1) is 14.3. The van der Waals surface area contributed by atoms with E-state index >= 15 is 0 Å². The summed E-state index contributed by atoms with van der Waals surface area (Å²) in [4.78, 5) is 28.4. The van der Waals surface area contributed by atoms with Gasteiger partial charge in [-0.1, -0.05) is 0 Å². The number of carbonyl (C=O) groups is 1. The Morgan fingerprint density at radius 3 is 2.48 bits per heavy atom. The summed E-state index contributed by atoms with van der Waals surface area (Å²) in [6, 6.07) is -0.349. The highest BCUT2D eigenvalue weighted by Gasteiger charge is 2.32. The van der Waals surface area contributed by atoms with Gasteiger partial charge < -0.3 is 15.5 Å². The van der Waals surface area contributed by atoms with Crippen molar-refractivity contribution in [2.24, 2.45) is 5.73 Å². The molecule has 0 aromatic carbocycles. The van der Waals surface area contributed by atoms with E-state index in [0.717, 1.165) is 38.8 Å². The number of halogens is 1. The smallest absolute Gasteiger partial charge is 0.240 e. The molecule has 2 N–H and O–H groups in total. The molecule has 1 amide bonds. The highest BCUT2D eigenvalue weighted by Crippen LogP contribution is 2.25. The molecule has 0 bridgehead atoms. The SMILES string of the molecule is NC(=O)C1CCCN1c1nc(Cl)nc(N2CCCCC2)n1. The van der Waals surface area contributed by atoms with Crippen LogP contribution in [0.25, 0.3) is 0 Å². The van der Waals surface area contributed by atoms with Crippen molar-refractivity contribution in [2.75, 3.05) is 29.4 Å². The molecule has 1 aromatic rings. The average molecular weight is 311 g/mol. The van der Waals surface area contributed by atoms with Gasteiger partial charge in [0, 0.05) is 19.6 Å². The normalized spacial score (nSPS) is 22.6. The minimum Gasteiger partial charge on any atom is -0.368 e. The summed E-state index contributed by atoms with van der Waals surface area (Å²) < 4.78 is 0. The van der Waals surface area contributed by atoms with Gasteiger partial charge in [0.05, 0.1) is 0 Å². The molecule has 7 nitrogen and oxygen atoms in total. The topological polar surface area (TPSA) is 88.2 Å². The molecule has 3 heterocycles. The Kier molecular flexibility index (Phi) is 4.10. The van der Waals surface area contributed by atoms with Crippen LogP contribution in [-0.2, 0) is 4.79 Å². The molecule has 0 radical (unpaired) electrons. The molecule has 0 spiro atoms. The molecule has 21 heavy (non-hydrogen) atoms. The third-order valence-electron chi connectivity index (χ3n) is 4.06. The second-order valence-electron chi connectivity index (χ2n) is 5.51. The lowest BCUT2D eigenvalue weighted by atomic mass is 10.1. The number of rotatable bonds is 3. The number of carbonyl (C=O) groups excluding carboxylic acids is 1. The number of nitrogens with zero attached hydrogens (tertiary/aromatic N) is 5. The van der Waals surface area contributed by atoms with Gasteiger partial charge in [-0.2, -0.15) is 15.0 Å². The van der Waals surface area contributed by atoms with E-state index in [9.17, 15) is 4.79 Å². The average Bonchev–Trinajstić information content (AvgIpc) is 2.97. The molecule has 0 aliphatic carbocycles. The fraction of sp³-hybridized carbons (Fsp3) is 0.692. The first-order valence-corrected chi connectivity index (χ1v) is 7.75. The lowest BCUT2D eigenvalue weighted by Crippen LogP contribution is -2.41. The van der Waals surface area contributed by atoms with Crippen molar-refractivity contribution < 1.29 is 4.79 Å². The summed E-state index contributed by atoms with van der Waals surface area (Å²) in [5, 5.41) is 0.163. The molecular formula is C13H19ClN6O. The van der Waals surface area contributed by atoms with E-state index in [1.807, 2.05) is 4.90 Å². The van der Waals surface area contributed by atoms with E-state index in [0.29, 0.717) is 18.4 Å². The highest BCUT2D eigenvalue weighted by molar-refractivity contribution is 6.28. The van der Waals surface area contributed by atoms with E-state index in [2.05, 4.69) is 19.9 Å². The predicted octanol–water partition coefficient (Wildman–Crippen LogP) is 0.969. The Bertz CT molecular complexity index is 533. The van der Waals surface area contributed by atoms with Crippen molar-refractivity contribution in [1.82, 2.24) is 15.0 Å². The summed E-state index contributed by atoms with van der Waals surface area (Å²) in [5.41, 5.74) is 5.45. The number of primary amides is 1. The maximum absolute atomic E-state index is 11.5. The van der Waals surface area contributed by atoms with E-state index < -0.39 is 0 Å². The zero-order chi connectivity index (χ0) is 14.8. The van der Waals surface area contributed by atoms with E-state index in [-0.39, 0.29) is 17.2 Å². The predicted molar refractivity (Wildman–Crippen MR) is 80.5 cm³/mol. The molecule has 2 saturated heterocycles. The number of amides is 1. The Morgan fingerprint density at radius 2 is 1.76 bits per heavy atom. The summed E-state index contributed by atoms with van der Waals surface area (Å²) in [7, 11) is 0. The lowest BCUT2D eigenvalue weighted by molar-refractivity contribution is -0.119. The summed E-state index contributed by atoms with van der Waals surface area (Å²) in [6.45, 7) is 2.57. The Balaban J connectivity index is 1.88. The van der Waals surface area contributed by atoms with Gasteiger partial charge in [-0.05, 0) is 43.7 Å². The molecule has 8 heteroatoms. The van der Waals surface area contributed by atoms with Gasteiger partial charge in [0.2, 0.25) is 23.1 Å². The van der Waals surface area contributed by atoms with Crippen LogP contribution in [0.1, 0.15) is 32.1 Å². The first-order valence-electron chi connectivity index (χ1n) is 7.37. The number of piperidine rings is 1. The van der Waals surface area contributed by atoms with Gasteiger partial charge in [0.1, 0.15) is 6.04 Å². The van der Waals surface area contributed by atoms with Crippen LogP contribution in [0, 0.1) is 0 Å². The van der Waals surface area contributed by atoms with Crippen molar-refractivity contribution in [3.63, 3.8) is 0 Å². The van der Waals surface area contributed by atoms with Crippen LogP contribution in [0.5, 0.6) is 0 Å². The standard InChI is InChI=1S/C13H19ClN6O/c14-11-16-12(19-6-2-1-3-7-19)18-13(17-11)20-8-4-5-9(20)10(15)21/h9H,1-8H2,(H2,15,21). The van der Waals surface area contributed by atoms with Crippen molar-refractivity contribution in [3.8, 4) is 0 Å². The van der Waals surface area contributed by atoms with Crippen molar-refractivity contribution in [3.05, 3.63) is 5.28 Å². The molecule has 2 aliphatic rings. The van der Waals surface area contributed by atoms with E-state index in [1.54, 1.807) is 0 Å². The number of aromatic nitrogens is 3. The van der Waals surface area contributed by atoms with Crippen LogP contribution in [-0.4, -0.2) is 46.5 Å². The number of anilines is 2. The number of nitrogens with two attached hydrogens (primary N) is 1. The number of hydrogen-bond donors (Lipinski definition) is 1. The minimum atomic E-state index is -0.349. The van der Waals surface area contributed by atoms with Crippen LogP contribution >= 0.6 is 11.6 Å². The van der Waals surface area contributed by atoms with Gasteiger partial charge in [-0.3, -0.25) is 4.79 Å². The zero-order valence-electron chi connectivity index (χ0n) is 11.8. The Hall–Kier alpha value is -1.63. The molecule has 0 saturated carbocycles. The zero-order valence-corrected chi connectivity index (χ0v) is 12.6. The molecular weight excluding hydrogens is 292 g/mol. The molecule has 2 fully saturated rings. The van der Waals surface area contributed by atoms with Crippen molar-refractivity contribution in [2.45, 2.75) is 38.1 Å². The third kappa shape index (κ3) is 3.02. The minimum absolute atomic E-state index is 0.163. The number of hydrogen-bond acceptors (Lipinski definition) is 6. The maximum atomic E-state index is 11.5. The highest BCUT2D eigenvalue weighted by atomic mass is 35.5. The van der Waals surface area contributed by atoms with Gasteiger partial charge in [-0.25, -0.2) is 0 Å². The molecule has 3 rings (SSSR count). The molecule has 1 unspecified atom stereocenters. The van der Waals surface area contributed by atoms with Gasteiger partial charge in [0.15, 0.2) is 0 Å². The van der Waals surface area contributed by atoms with E-state index in [4.69, 9.17) is 17.3 Å². The van der Waals surface area contributed by atoms with Crippen LogP contribution in [0.2, 0.25) is 5.28 Å². The van der Waals surface area contributed by atoms with Crippen LogP contribution in [0.3, 0.4) is 0 Å². The van der Waals surface area contributed by atoms with Crippen molar-refractivity contribution >= 4 is 29.4 Å². The van der Waals surface area contributed by atoms with Crippen LogP contribution in [0.4, 0.5) is 11.9 Å². The fourth-order valence-corrected chi connectivity index (χ4v) is 3.15. The monoisotopic (exact) mass is 310 g/mol. The summed E-state index contributed by atoms with van der Waals surface area (Å²) >= 11 is 6.04. The molecule has 1 atom stereocenters. The molecule has 2 aliphatic heterocycles. The Labute approximate surface area is 128 Å². The van der Waals surface area contributed by atoms with Crippen LogP contribution < -0.4 is 15.5 Å². The summed E-state index contributed by atoms with van der Waals surface area (Å²) in [6.07, 6.45) is 5.13. The Morgan fingerprint density at radius 1 is 1.05 bits per heavy atom.